The highest BCUT2D eigenvalue weighted by molar-refractivity contribution is 8.15. The van der Waals surface area contributed by atoms with Gasteiger partial charge in [0.2, 0.25) is 5.88 Å². The molecule has 2 atom stereocenters. The van der Waals surface area contributed by atoms with Crippen LogP contribution in [0.25, 0.3) is 10.9 Å². The van der Waals surface area contributed by atoms with Crippen LogP contribution in [0.4, 0.5) is 0 Å². The molecule has 1 aromatic heterocycles. The molecule has 3 aromatic rings. The number of aromatic hydroxyl groups is 1. The number of benzene rings is 2. The molecular formula is C25H26N2O2S. The average Bonchev–Trinajstić information content (AvgIpc) is 3.09. The highest BCUT2D eigenvalue weighted by Crippen LogP contribution is 2.43. The van der Waals surface area contributed by atoms with E-state index in [1.54, 1.807) is 6.07 Å². The van der Waals surface area contributed by atoms with Gasteiger partial charge in [-0.25, -0.2) is 4.98 Å². The second-order valence-electron chi connectivity index (χ2n) is 9.03. The largest absolute Gasteiger partial charge is 0.506 e. The van der Waals surface area contributed by atoms with Gasteiger partial charge in [0.25, 0.3) is 0 Å². The first-order valence-corrected chi connectivity index (χ1v) is 11.5. The van der Waals surface area contributed by atoms with Crippen LogP contribution in [-0.2, 0) is 0 Å². The first kappa shape index (κ1) is 19.4. The number of phenolic OH excluding ortho intramolecular Hbond substituents is 1. The van der Waals surface area contributed by atoms with E-state index in [2.05, 4.69) is 24.9 Å². The Bertz CT molecular complexity index is 1130. The number of thioether (sulfide) groups is 1. The lowest BCUT2D eigenvalue weighted by Gasteiger charge is -2.21. The third-order valence-corrected chi connectivity index (χ3v) is 7.59. The monoisotopic (exact) mass is 418 g/mol. The molecule has 2 aromatic carbocycles. The van der Waals surface area contributed by atoms with Crippen molar-refractivity contribution in [1.82, 2.24) is 4.98 Å². The molecule has 0 radical (unpaired) electrons. The summed E-state index contributed by atoms with van der Waals surface area (Å²) < 4.78 is 6.02. The van der Waals surface area contributed by atoms with E-state index in [0.29, 0.717) is 28.1 Å². The van der Waals surface area contributed by atoms with Gasteiger partial charge in [0.15, 0.2) is 0 Å². The highest BCUT2D eigenvalue weighted by atomic mass is 32.2. The van der Waals surface area contributed by atoms with E-state index in [9.17, 15) is 5.11 Å². The Kier molecular flexibility index (Phi) is 4.94. The summed E-state index contributed by atoms with van der Waals surface area (Å²) in [6, 6.07) is 17.6. The number of phenols is 1. The minimum atomic E-state index is 0.158. The summed E-state index contributed by atoms with van der Waals surface area (Å²) in [4.78, 5) is 9.55. The maximum absolute atomic E-state index is 10.1. The lowest BCUT2D eigenvalue weighted by atomic mass is 9.85. The normalized spacial score (nSPS) is 22.9. The molecular weight excluding hydrogens is 392 g/mol. The van der Waals surface area contributed by atoms with Gasteiger partial charge in [-0.3, -0.25) is 4.99 Å². The fourth-order valence-electron chi connectivity index (χ4n) is 4.31. The van der Waals surface area contributed by atoms with Crippen molar-refractivity contribution in [3.8, 4) is 17.4 Å². The molecule has 5 rings (SSSR count). The van der Waals surface area contributed by atoms with Crippen molar-refractivity contribution >= 4 is 27.7 Å². The summed E-state index contributed by atoms with van der Waals surface area (Å²) in [5.74, 6) is 1.35. The minimum Gasteiger partial charge on any atom is -0.506 e. The Morgan fingerprint density at radius 3 is 2.77 bits per heavy atom. The van der Waals surface area contributed by atoms with Gasteiger partial charge in [-0.05, 0) is 55.4 Å². The SMILES string of the molecule is CC1(C)CC[C@@H]2N=C(c3cccc(Oc4ccc5cccc(O)c5n4)c3)S[C@H]2CC1. The number of pyridine rings is 1. The van der Waals surface area contributed by atoms with Crippen molar-refractivity contribution in [1.29, 1.82) is 0 Å². The Hall–Kier alpha value is -2.53. The van der Waals surface area contributed by atoms with Crippen LogP contribution in [0.5, 0.6) is 17.4 Å². The molecule has 1 aliphatic heterocycles. The average molecular weight is 419 g/mol. The van der Waals surface area contributed by atoms with Crippen molar-refractivity contribution in [2.45, 2.75) is 50.8 Å². The Balaban J connectivity index is 1.36. The van der Waals surface area contributed by atoms with Gasteiger partial charge in [0.05, 0.1) is 11.1 Å². The van der Waals surface area contributed by atoms with E-state index >= 15 is 0 Å². The van der Waals surface area contributed by atoms with Crippen LogP contribution in [-0.4, -0.2) is 26.4 Å². The van der Waals surface area contributed by atoms with Crippen LogP contribution in [0.2, 0.25) is 0 Å². The number of nitrogens with zero attached hydrogens (tertiary/aromatic N) is 2. The number of aliphatic imine (C=N–C) groups is 1. The predicted octanol–water partition coefficient (Wildman–Crippen LogP) is 6.56. The van der Waals surface area contributed by atoms with E-state index in [1.807, 2.05) is 54.2 Å². The van der Waals surface area contributed by atoms with E-state index in [1.165, 1.54) is 25.7 Å². The van der Waals surface area contributed by atoms with E-state index in [4.69, 9.17) is 9.73 Å². The van der Waals surface area contributed by atoms with Crippen LogP contribution in [0, 0.1) is 5.41 Å². The molecule has 0 spiro atoms. The molecule has 1 fully saturated rings. The molecule has 2 aliphatic rings. The summed E-state index contributed by atoms with van der Waals surface area (Å²) in [5.41, 5.74) is 2.09. The van der Waals surface area contributed by atoms with Crippen LogP contribution in [0.15, 0.2) is 59.6 Å². The number of para-hydroxylation sites is 1. The lowest BCUT2D eigenvalue weighted by Crippen LogP contribution is -2.14. The number of hydrogen-bond donors (Lipinski definition) is 1. The van der Waals surface area contributed by atoms with Gasteiger partial charge in [-0.1, -0.05) is 38.1 Å². The molecule has 5 heteroatoms. The summed E-state index contributed by atoms with van der Waals surface area (Å²) >= 11 is 1.93. The molecule has 0 bridgehead atoms. The maximum atomic E-state index is 10.1. The van der Waals surface area contributed by atoms with Gasteiger partial charge < -0.3 is 9.84 Å². The topological polar surface area (TPSA) is 54.7 Å². The smallest absolute Gasteiger partial charge is 0.219 e. The van der Waals surface area contributed by atoms with Crippen molar-refractivity contribution in [3.05, 3.63) is 60.2 Å². The summed E-state index contributed by atoms with van der Waals surface area (Å²) in [6.45, 7) is 4.76. The zero-order valence-electron chi connectivity index (χ0n) is 17.3. The maximum Gasteiger partial charge on any atom is 0.219 e. The van der Waals surface area contributed by atoms with Gasteiger partial charge in [-0.15, -0.1) is 11.8 Å². The number of ether oxygens (including phenoxy) is 1. The van der Waals surface area contributed by atoms with Crippen molar-refractivity contribution in [2.24, 2.45) is 10.4 Å². The predicted molar refractivity (Wildman–Crippen MR) is 124 cm³/mol. The molecule has 0 unspecified atom stereocenters. The first-order chi connectivity index (χ1) is 14.5. The van der Waals surface area contributed by atoms with Crippen molar-refractivity contribution in [2.75, 3.05) is 0 Å². The highest BCUT2D eigenvalue weighted by Gasteiger charge is 2.36. The molecule has 154 valence electrons. The van der Waals surface area contributed by atoms with E-state index in [0.717, 1.165) is 21.7 Å². The molecule has 2 heterocycles. The Morgan fingerprint density at radius 1 is 1.03 bits per heavy atom. The van der Waals surface area contributed by atoms with Gasteiger partial charge in [0.1, 0.15) is 17.0 Å². The van der Waals surface area contributed by atoms with E-state index < -0.39 is 0 Å². The van der Waals surface area contributed by atoms with Crippen LogP contribution in [0.1, 0.15) is 45.1 Å². The zero-order chi connectivity index (χ0) is 20.7. The number of rotatable bonds is 3. The zero-order valence-corrected chi connectivity index (χ0v) is 18.2. The number of hydrogen-bond acceptors (Lipinski definition) is 5. The van der Waals surface area contributed by atoms with Gasteiger partial charge in [0, 0.05) is 22.3 Å². The molecule has 1 aliphatic carbocycles. The van der Waals surface area contributed by atoms with Crippen LogP contribution < -0.4 is 4.74 Å². The standard InChI is InChI=1S/C25H26N2O2S/c1-25(2)13-11-19-21(12-14-25)30-24(26-19)17-6-3-7-18(15-17)29-22-10-9-16-5-4-8-20(28)23(16)27-22/h3-10,15,19,21,28H,11-14H2,1-2H3/t19-,21-/m0/s1. The Labute approximate surface area is 181 Å². The summed E-state index contributed by atoms with van der Waals surface area (Å²) in [5, 5.41) is 12.7. The number of fused-ring (bicyclic) bond motifs is 2. The fraction of sp³-hybridized carbons (Fsp3) is 0.360. The van der Waals surface area contributed by atoms with E-state index in [-0.39, 0.29) is 5.75 Å². The molecule has 4 nitrogen and oxygen atoms in total. The summed E-state index contributed by atoms with van der Waals surface area (Å²) in [7, 11) is 0. The fourth-order valence-corrected chi connectivity index (χ4v) is 5.65. The molecule has 30 heavy (non-hydrogen) atoms. The lowest BCUT2D eigenvalue weighted by molar-refractivity contribution is 0.313. The van der Waals surface area contributed by atoms with Crippen molar-refractivity contribution in [3.63, 3.8) is 0 Å². The molecule has 0 amide bonds. The third kappa shape index (κ3) is 3.91. The Morgan fingerprint density at radius 2 is 1.87 bits per heavy atom. The molecule has 1 saturated carbocycles. The second kappa shape index (κ2) is 7.62. The second-order valence-corrected chi connectivity index (χ2v) is 10.3. The minimum absolute atomic E-state index is 0.158. The van der Waals surface area contributed by atoms with Gasteiger partial charge in [-0.2, -0.15) is 0 Å². The molecule has 0 saturated heterocycles. The third-order valence-electron chi connectivity index (χ3n) is 6.17. The molecule has 1 N–H and O–H groups in total. The first-order valence-electron chi connectivity index (χ1n) is 10.6. The quantitative estimate of drug-likeness (QED) is 0.523. The van der Waals surface area contributed by atoms with Crippen molar-refractivity contribution < 1.29 is 9.84 Å². The van der Waals surface area contributed by atoms with Crippen LogP contribution in [0.3, 0.4) is 0 Å². The van der Waals surface area contributed by atoms with Crippen LogP contribution >= 0.6 is 11.8 Å². The number of aromatic nitrogens is 1. The summed E-state index contributed by atoms with van der Waals surface area (Å²) in [6.07, 6.45) is 4.92. The van der Waals surface area contributed by atoms with Gasteiger partial charge >= 0.3 is 0 Å².